The van der Waals surface area contributed by atoms with Crippen LogP contribution in [0.4, 0.5) is 0 Å². The van der Waals surface area contributed by atoms with Gasteiger partial charge in [0.15, 0.2) is 5.96 Å². The number of amides is 1. The molecule has 1 heterocycles. The minimum atomic E-state index is -0.374. The molecular formula is C12H21N3O2. The molecule has 96 valence electrons. The van der Waals surface area contributed by atoms with E-state index in [9.17, 15) is 4.79 Å². The normalized spacial score (nSPS) is 34.0. The molecule has 1 spiro atoms. The number of aliphatic imine (C=N–C) groups is 1. The fraction of sp³-hybridized carbons (Fsp3) is 0.833. The third kappa shape index (κ3) is 2.29. The largest absolute Gasteiger partial charge is 0.383 e. The molecule has 0 radical (unpaired) electrons. The first kappa shape index (κ1) is 12.4. The third-order valence-electron chi connectivity index (χ3n) is 3.75. The lowest BCUT2D eigenvalue weighted by Crippen LogP contribution is -2.58. The van der Waals surface area contributed by atoms with Gasteiger partial charge in [-0.1, -0.05) is 13.8 Å². The Labute approximate surface area is 102 Å². The van der Waals surface area contributed by atoms with Gasteiger partial charge in [0.1, 0.15) is 5.54 Å². The summed E-state index contributed by atoms with van der Waals surface area (Å²) >= 11 is 0. The molecule has 0 aromatic carbocycles. The second-order valence-electron chi connectivity index (χ2n) is 5.30. The fourth-order valence-corrected chi connectivity index (χ4v) is 2.46. The Hall–Kier alpha value is -1.10. The zero-order valence-corrected chi connectivity index (χ0v) is 10.7. The van der Waals surface area contributed by atoms with E-state index in [0.717, 1.165) is 12.8 Å². The second kappa shape index (κ2) is 4.64. The van der Waals surface area contributed by atoms with E-state index >= 15 is 0 Å². The summed E-state index contributed by atoms with van der Waals surface area (Å²) in [6.07, 6.45) is 1.83. The summed E-state index contributed by atoms with van der Waals surface area (Å²) < 4.78 is 4.92. The second-order valence-corrected chi connectivity index (χ2v) is 5.30. The van der Waals surface area contributed by atoms with Crippen LogP contribution in [0.3, 0.4) is 0 Å². The van der Waals surface area contributed by atoms with E-state index in [4.69, 9.17) is 4.74 Å². The van der Waals surface area contributed by atoms with E-state index < -0.39 is 0 Å². The predicted molar refractivity (Wildman–Crippen MR) is 65.7 cm³/mol. The summed E-state index contributed by atoms with van der Waals surface area (Å²) in [5.41, 5.74) is -0.374. The average molecular weight is 239 g/mol. The number of hydrogen-bond donors (Lipinski definition) is 2. The van der Waals surface area contributed by atoms with Crippen LogP contribution >= 0.6 is 0 Å². The van der Waals surface area contributed by atoms with Crippen LogP contribution in [0.2, 0.25) is 0 Å². The van der Waals surface area contributed by atoms with Crippen LogP contribution in [0, 0.1) is 11.8 Å². The molecule has 2 aliphatic rings. The Morgan fingerprint density at radius 1 is 1.53 bits per heavy atom. The predicted octanol–water partition coefficient (Wildman–Crippen LogP) is 0.513. The summed E-state index contributed by atoms with van der Waals surface area (Å²) in [5.74, 6) is 1.97. The summed E-state index contributed by atoms with van der Waals surface area (Å²) in [7, 11) is 1.64. The van der Waals surface area contributed by atoms with E-state index in [1.807, 2.05) is 0 Å². The lowest BCUT2D eigenvalue weighted by Gasteiger charge is -2.44. The number of carbonyl (C=O) groups is 1. The monoisotopic (exact) mass is 239 g/mol. The molecule has 2 rings (SSSR count). The number of ether oxygens (including phenoxy) is 1. The molecule has 1 aliphatic carbocycles. The maximum atomic E-state index is 11.9. The van der Waals surface area contributed by atoms with Gasteiger partial charge in [-0.15, -0.1) is 0 Å². The first-order valence-electron chi connectivity index (χ1n) is 6.20. The molecule has 1 amide bonds. The van der Waals surface area contributed by atoms with Crippen molar-refractivity contribution >= 4 is 11.9 Å². The molecule has 5 heteroatoms. The molecule has 17 heavy (non-hydrogen) atoms. The molecule has 5 nitrogen and oxygen atoms in total. The molecule has 1 saturated heterocycles. The first-order chi connectivity index (χ1) is 8.07. The van der Waals surface area contributed by atoms with Gasteiger partial charge in [-0.2, -0.15) is 0 Å². The molecule has 0 unspecified atom stereocenters. The van der Waals surface area contributed by atoms with Crippen LogP contribution in [0.5, 0.6) is 0 Å². The third-order valence-corrected chi connectivity index (χ3v) is 3.75. The van der Waals surface area contributed by atoms with Crippen LogP contribution in [-0.2, 0) is 9.53 Å². The maximum Gasteiger partial charge on any atom is 0.252 e. The van der Waals surface area contributed by atoms with Crippen molar-refractivity contribution in [2.24, 2.45) is 16.8 Å². The number of methoxy groups -OCH3 is 1. The standard InChI is InChI=1S/C12H21N3O2/c1-8(2)9-6-12(7-9)10(16)14-11(15-12)13-4-5-17-3/h8-9H,4-7H2,1-3H3,(H2,13,14,15,16). The van der Waals surface area contributed by atoms with Crippen LogP contribution < -0.4 is 10.6 Å². The van der Waals surface area contributed by atoms with E-state index in [2.05, 4.69) is 29.5 Å². The zero-order valence-electron chi connectivity index (χ0n) is 10.7. The molecule has 0 aromatic heterocycles. The summed E-state index contributed by atoms with van der Waals surface area (Å²) in [6, 6.07) is 0. The van der Waals surface area contributed by atoms with Gasteiger partial charge in [0.25, 0.3) is 5.91 Å². The number of carbonyl (C=O) groups excluding carboxylic acids is 1. The topological polar surface area (TPSA) is 62.7 Å². The molecule has 0 bridgehead atoms. The number of nitrogens with zero attached hydrogens (tertiary/aromatic N) is 1. The van der Waals surface area contributed by atoms with Crippen molar-refractivity contribution in [2.45, 2.75) is 32.2 Å². The van der Waals surface area contributed by atoms with E-state index in [0.29, 0.717) is 30.9 Å². The number of hydrogen-bond acceptors (Lipinski definition) is 3. The highest BCUT2D eigenvalue weighted by atomic mass is 16.5. The van der Waals surface area contributed by atoms with Crippen LogP contribution in [0.25, 0.3) is 0 Å². The Morgan fingerprint density at radius 3 is 2.82 bits per heavy atom. The Balaban J connectivity index is 1.91. The van der Waals surface area contributed by atoms with Gasteiger partial charge < -0.3 is 10.1 Å². The molecule has 2 fully saturated rings. The molecule has 1 aliphatic heterocycles. The van der Waals surface area contributed by atoms with Gasteiger partial charge in [-0.25, -0.2) is 0 Å². The fourth-order valence-electron chi connectivity index (χ4n) is 2.46. The van der Waals surface area contributed by atoms with Crippen molar-refractivity contribution in [2.75, 3.05) is 20.3 Å². The van der Waals surface area contributed by atoms with Gasteiger partial charge in [-0.3, -0.25) is 15.1 Å². The van der Waals surface area contributed by atoms with Gasteiger partial charge in [-0.05, 0) is 24.7 Å². The lowest BCUT2D eigenvalue weighted by molar-refractivity contribution is -0.129. The summed E-state index contributed by atoms with van der Waals surface area (Å²) in [5, 5.41) is 6.04. The highest BCUT2D eigenvalue weighted by Crippen LogP contribution is 2.43. The highest BCUT2D eigenvalue weighted by molar-refractivity contribution is 6.09. The number of rotatable bonds is 4. The molecule has 0 aromatic rings. The molecule has 1 saturated carbocycles. The zero-order chi connectivity index (χ0) is 12.5. The molecule has 2 N–H and O–H groups in total. The summed E-state index contributed by atoms with van der Waals surface area (Å²) in [4.78, 5) is 16.2. The lowest BCUT2D eigenvalue weighted by atomic mass is 9.64. The molecule has 0 atom stereocenters. The van der Waals surface area contributed by atoms with Gasteiger partial charge in [0, 0.05) is 7.11 Å². The van der Waals surface area contributed by atoms with Crippen molar-refractivity contribution in [1.29, 1.82) is 0 Å². The van der Waals surface area contributed by atoms with Crippen molar-refractivity contribution < 1.29 is 9.53 Å². The average Bonchev–Trinajstić information content (AvgIpc) is 2.53. The van der Waals surface area contributed by atoms with E-state index in [1.165, 1.54) is 0 Å². The SMILES string of the molecule is COCCN=C1NC(=O)C2(CC(C(C)C)C2)N1. The maximum absolute atomic E-state index is 11.9. The minimum Gasteiger partial charge on any atom is -0.383 e. The van der Waals surface area contributed by atoms with E-state index in [-0.39, 0.29) is 11.4 Å². The number of guanidine groups is 1. The van der Waals surface area contributed by atoms with Crippen LogP contribution in [0.15, 0.2) is 4.99 Å². The van der Waals surface area contributed by atoms with Crippen molar-refractivity contribution in [3.8, 4) is 0 Å². The van der Waals surface area contributed by atoms with Crippen molar-refractivity contribution in [1.82, 2.24) is 10.6 Å². The van der Waals surface area contributed by atoms with Crippen LogP contribution in [-0.4, -0.2) is 37.7 Å². The quantitative estimate of drug-likeness (QED) is 0.703. The van der Waals surface area contributed by atoms with Gasteiger partial charge in [0.05, 0.1) is 13.2 Å². The highest BCUT2D eigenvalue weighted by Gasteiger charge is 2.54. The Morgan fingerprint density at radius 2 is 2.24 bits per heavy atom. The first-order valence-corrected chi connectivity index (χ1v) is 6.20. The van der Waals surface area contributed by atoms with Crippen molar-refractivity contribution in [3.05, 3.63) is 0 Å². The Kier molecular flexibility index (Phi) is 3.38. The van der Waals surface area contributed by atoms with Crippen LogP contribution in [0.1, 0.15) is 26.7 Å². The summed E-state index contributed by atoms with van der Waals surface area (Å²) in [6.45, 7) is 5.56. The Bertz CT molecular complexity index is 333. The number of nitrogens with one attached hydrogen (secondary N) is 2. The smallest absolute Gasteiger partial charge is 0.252 e. The molecular weight excluding hydrogens is 218 g/mol. The van der Waals surface area contributed by atoms with E-state index in [1.54, 1.807) is 7.11 Å². The van der Waals surface area contributed by atoms with Gasteiger partial charge in [0.2, 0.25) is 0 Å². The van der Waals surface area contributed by atoms with Gasteiger partial charge >= 0.3 is 0 Å². The van der Waals surface area contributed by atoms with Crippen molar-refractivity contribution in [3.63, 3.8) is 0 Å². The minimum absolute atomic E-state index is 0.0746.